The maximum absolute atomic E-state index is 7.99. The molecule has 0 amide bonds. The van der Waals surface area contributed by atoms with Crippen LogP contribution in [0.3, 0.4) is 0 Å². The molecule has 1 aromatic carbocycles. The molecule has 0 saturated carbocycles. The van der Waals surface area contributed by atoms with Crippen molar-refractivity contribution in [2.24, 2.45) is 0 Å². The zero-order chi connectivity index (χ0) is 12.5. The molecule has 0 unspecified atom stereocenters. The molecule has 2 aromatic rings. The van der Waals surface area contributed by atoms with Crippen molar-refractivity contribution in [1.82, 2.24) is 14.9 Å². The molecule has 3 N–H and O–H groups in total. The number of fused-ring (bicyclic) bond motifs is 1. The number of nitrogens with one attached hydrogen (secondary N) is 3. The predicted octanol–water partition coefficient (Wildman–Crippen LogP) is 2.31. The van der Waals surface area contributed by atoms with Crippen LogP contribution in [-0.4, -0.2) is 33.9 Å². The Balaban J connectivity index is 1.79. The monoisotopic (exact) mass is 243 g/mol. The van der Waals surface area contributed by atoms with Crippen molar-refractivity contribution in [3.63, 3.8) is 0 Å². The molecule has 0 radical (unpaired) electrons. The van der Waals surface area contributed by atoms with Crippen LogP contribution in [-0.2, 0) is 0 Å². The summed E-state index contributed by atoms with van der Waals surface area (Å²) in [7, 11) is 0. The number of hydrogen-bond acceptors (Lipinski definition) is 2. The molecule has 1 aromatic heterocycles. The molecule has 1 fully saturated rings. The minimum atomic E-state index is 0.434. The zero-order valence-electron chi connectivity index (χ0n) is 10.5. The number of imidazole rings is 1. The average molecular weight is 243 g/mol. The number of guanidine groups is 1. The number of nitrogens with zero attached hydrogens (tertiary/aromatic N) is 2. The van der Waals surface area contributed by atoms with Gasteiger partial charge in [-0.1, -0.05) is 6.07 Å². The quantitative estimate of drug-likeness (QED) is 0.532. The molecule has 5 nitrogen and oxygen atoms in total. The van der Waals surface area contributed by atoms with Crippen molar-refractivity contribution in [2.45, 2.75) is 19.8 Å². The Hall–Kier alpha value is -2.04. The molecule has 1 saturated heterocycles. The second-order valence-corrected chi connectivity index (χ2v) is 4.77. The average Bonchev–Trinajstić information content (AvgIpc) is 2.95. The molecule has 1 aliphatic heterocycles. The van der Waals surface area contributed by atoms with Gasteiger partial charge in [-0.25, -0.2) is 4.98 Å². The molecular formula is C13H17N5. The van der Waals surface area contributed by atoms with E-state index in [9.17, 15) is 0 Å². The van der Waals surface area contributed by atoms with E-state index in [1.165, 1.54) is 18.4 Å². The van der Waals surface area contributed by atoms with Crippen LogP contribution in [0, 0.1) is 12.3 Å². The van der Waals surface area contributed by atoms with Gasteiger partial charge in [-0.2, -0.15) is 0 Å². The smallest absolute Gasteiger partial charge is 0.208 e. The van der Waals surface area contributed by atoms with Crippen LogP contribution in [0.15, 0.2) is 18.2 Å². The first kappa shape index (κ1) is 11.1. The summed E-state index contributed by atoms with van der Waals surface area (Å²) in [5.74, 6) is 1.08. The van der Waals surface area contributed by atoms with Gasteiger partial charge < -0.3 is 9.88 Å². The molecular weight excluding hydrogens is 226 g/mol. The fourth-order valence-corrected chi connectivity index (χ4v) is 2.31. The third-order valence-electron chi connectivity index (χ3n) is 3.30. The Labute approximate surface area is 106 Å². The molecule has 5 heteroatoms. The first-order valence-electron chi connectivity index (χ1n) is 6.29. The maximum Gasteiger partial charge on any atom is 0.208 e. The minimum absolute atomic E-state index is 0.434. The highest BCUT2D eigenvalue weighted by atomic mass is 15.3. The lowest BCUT2D eigenvalue weighted by molar-refractivity contribution is 0.514. The lowest BCUT2D eigenvalue weighted by atomic mass is 10.2. The van der Waals surface area contributed by atoms with Crippen LogP contribution in [0.4, 0.5) is 5.95 Å². The maximum atomic E-state index is 7.99. The summed E-state index contributed by atoms with van der Waals surface area (Å²) < 4.78 is 0. The Morgan fingerprint density at radius 1 is 1.39 bits per heavy atom. The van der Waals surface area contributed by atoms with E-state index in [-0.39, 0.29) is 0 Å². The van der Waals surface area contributed by atoms with Crippen molar-refractivity contribution < 1.29 is 0 Å². The third-order valence-corrected chi connectivity index (χ3v) is 3.30. The molecule has 1 aliphatic rings. The van der Waals surface area contributed by atoms with E-state index in [1.54, 1.807) is 0 Å². The number of aromatic amines is 1. The number of hydrogen-bond donors (Lipinski definition) is 3. The van der Waals surface area contributed by atoms with Crippen LogP contribution >= 0.6 is 0 Å². The van der Waals surface area contributed by atoms with Gasteiger partial charge in [0.15, 0.2) is 5.96 Å². The highest BCUT2D eigenvalue weighted by molar-refractivity contribution is 5.91. The first-order valence-corrected chi connectivity index (χ1v) is 6.29. The summed E-state index contributed by atoms with van der Waals surface area (Å²) in [6.45, 7) is 3.98. The number of likely N-dealkylation sites (tertiary alicyclic amines) is 1. The molecule has 18 heavy (non-hydrogen) atoms. The number of rotatable bonds is 1. The summed E-state index contributed by atoms with van der Waals surface area (Å²) in [4.78, 5) is 9.68. The van der Waals surface area contributed by atoms with E-state index < -0.39 is 0 Å². The standard InChI is InChI=1S/C13H17N5/c1-9-4-5-10-11(8-9)16-13(15-10)17-12(14)18-6-2-3-7-18/h4-5,8H,2-3,6-7H2,1H3,(H3,14,15,16,17). The molecule has 0 aliphatic carbocycles. The van der Waals surface area contributed by atoms with E-state index in [4.69, 9.17) is 5.41 Å². The first-order chi connectivity index (χ1) is 8.72. The third kappa shape index (κ3) is 2.03. The van der Waals surface area contributed by atoms with E-state index in [0.29, 0.717) is 11.9 Å². The van der Waals surface area contributed by atoms with Crippen molar-refractivity contribution in [2.75, 3.05) is 18.4 Å². The second kappa shape index (κ2) is 4.33. The lowest BCUT2D eigenvalue weighted by Crippen LogP contribution is -2.33. The van der Waals surface area contributed by atoms with Gasteiger partial charge in [0.25, 0.3) is 0 Å². The van der Waals surface area contributed by atoms with Crippen molar-refractivity contribution in [1.29, 1.82) is 5.41 Å². The van der Waals surface area contributed by atoms with Crippen LogP contribution in [0.25, 0.3) is 11.0 Å². The van der Waals surface area contributed by atoms with Crippen LogP contribution < -0.4 is 5.32 Å². The zero-order valence-corrected chi connectivity index (χ0v) is 10.5. The number of aryl methyl sites for hydroxylation is 1. The molecule has 94 valence electrons. The fraction of sp³-hybridized carbons (Fsp3) is 0.385. The van der Waals surface area contributed by atoms with Gasteiger partial charge in [0, 0.05) is 13.1 Å². The molecule has 0 bridgehead atoms. The van der Waals surface area contributed by atoms with Crippen molar-refractivity contribution in [3.8, 4) is 0 Å². The van der Waals surface area contributed by atoms with Gasteiger partial charge in [-0.15, -0.1) is 0 Å². The SMILES string of the molecule is Cc1ccc2[nH]c(NC(=N)N3CCCC3)nc2c1. The van der Waals surface area contributed by atoms with E-state index >= 15 is 0 Å². The highest BCUT2D eigenvalue weighted by Gasteiger charge is 2.15. The van der Waals surface area contributed by atoms with Crippen LogP contribution in [0.2, 0.25) is 0 Å². The largest absolute Gasteiger partial charge is 0.343 e. The van der Waals surface area contributed by atoms with E-state index in [1.807, 2.05) is 24.0 Å². The van der Waals surface area contributed by atoms with Gasteiger partial charge in [-0.05, 0) is 37.5 Å². The molecule has 0 atom stereocenters. The Morgan fingerprint density at radius 3 is 2.94 bits per heavy atom. The van der Waals surface area contributed by atoms with Gasteiger partial charge in [-0.3, -0.25) is 10.7 Å². The number of H-pyrrole nitrogens is 1. The topological polar surface area (TPSA) is 67.8 Å². The lowest BCUT2D eigenvalue weighted by Gasteiger charge is -2.17. The predicted molar refractivity (Wildman–Crippen MR) is 73.0 cm³/mol. The van der Waals surface area contributed by atoms with Crippen molar-refractivity contribution in [3.05, 3.63) is 23.8 Å². The molecule has 0 spiro atoms. The molecule has 3 rings (SSSR count). The van der Waals surface area contributed by atoms with Crippen LogP contribution in [0.5, 0.6) is 0 Å². The fourth-order valence-electron chi connectivity index (χ4n) is 2.31. The normalized spacial score (nSPS) is 15.3. The number of anilines is 1. The summed E-state index contributed by atoms with van der Waals surface area (Å²) in [6, 6.07) is 6.11. The van der Waals surface area contributed by atoms with Gasteiger partial charge in [0.05, 0.1) is 11.0 Å². The number of aromatic nitrogens is 2. The summed E-state index contributed by atoms with van der Waals surface area (Å²) in [5, 5.41) is 11.0. The number of benzene rings is 1. The Morgan fingerprint density at radius 2 is 2.17 bits per heavy atom. The summed E-state index contributed by atoms with van der Waals surface area (Å²) in [5.41, 5.74) is 3.12. The van der Waals surface area contributed by atoms with Gasteiger partial charge in [0.2, 0.25) is 5.95 Å². The van der Waals surface area contributed by atoms with E-state index in [0.717, 1.165) is 24.1 Å². The van der Waals surface area contributed by atoms with Crippen LogP contribution in [0.1, 0.15) is 18.4 Å². The van der Waals surface area contributed by atoms with Gasteiger partial charge >= 0.3 is 0 Å². The van der Waals surface area contributed by atoms with Gasteiger partial charge in [0.1, 0.15) is 0 Å². The Bertz CT molecular complexity index is 580. The summed E-state index contributed by atoms with van der Waals surface area (Å²) in [6.07, 6.45) is 2.34. The van der Waals surface area contributed by atoms with E-state index in [2.05, 4.69) is 21.4 Å². The minimum Gasteiger partial charge on any atom is -0.343 e. The second-order valence-electron chi connectivity index (χ2n) is 4.77. The Kier molecular flexibility index (Phi) is 2.66. The highest BCUT2D eigenvalue weighted by Crippen LogP contribution is 2.16. The summed E-state index contributed by atoms with van der Waals surface area (Å²) >= 11 is 0. The molecule has 2 heterocycles. The van der Waals surface area contributed by atoms with Crippen molar-refractivity contribution >= 4 is 22.9 Å².